The Morgan fingerprint density at radius 3 is 2.44 bits per heavy atom. The first kappa shape index (κ1) is 26.2. The van der Waals surface area contributed by atoms with Gasteiger partial charge >= 0.3 is 0 Å². The first-order valence-corrected chi connectivity index (χ1v) is 13.2. The number of thioether (sulfide) groups is 1. The average molecular weight is 568 g/mol. The summed E-state index contributed by atoms with van der Waals surface area (Å²) >= 11 is 4.40. The Labute approximate surface area is 223 Å². The van der Waals surface area contributed by atoms with Crippen LogP contribution in [0.5, 0.6) is 5.75 Å². The van der Waals surface area contributed by atoms with Crippen LogP contribution >= 0.6 is 27.7 Å². The minimum absolute atomic E-state index is 0.126. The third kappa shape index (κ3) is 6.85. The van der Waals surface area contributed by atoms with Crippen molar-refractivity contribution in [3.63, 3.8) is 0 Å². The molecule has 1 fully saturated rings. The van der Waals surface area contributed by atoms with Crippen LogP contribution in [0.1, 0.15) is 29.7 Å². The zero-order valence-electron chi connectivity index (χ0n) is 19.8. The van der Waals surface area contributed by atoms with Gasteiger partial charge in [-0.05, 0) is 59.7 Å². The molecule has 36 heavy (non-hydrogen) atoms. The Bertz CT molecular complexity index is 1230. The molecule has 2 amide bonds. The number of aliphatic hydroxyl groups is 1. The Balaban J connectivity index is 1.28. The molecular formula is C28H27BrN2O4S. The van der Waals surface area contributed by atoms with Crippen LogP contribution in [-0.2, 0) is 11.3 Å². The van der Waals surface area contributed by atoms with Gasteiger partial charge in [0.15, 0.2) is 0 Å². The van der Waals surface area contributed by atoms with E-state index in [1.165, 1.54) is 4.90 Å². The summed E-state index contributed by atoms with van der Waals surface area (Å²) in [5.74, 6) is 0.311. The van der Waals surface area contributed by atoms with Crippen molar-refractivity contribution in [2.24, 2.45) is 0 Å². The van der Waals surface area contributed by atoms with E-state index in [-0.39, 0.29) is 30.3 Å². The molecule has 3 aromatic rings. The lowest BCUT2D eigenvalue weighted by Crippen LogP contribution is -2.33. The molecule has 2 unspecified atom stereocenters. The summed E-state index contributed by atoms with van der Waals surface area (Å²) in [6.07, 6.45) is 1.05. The van der Waals surface area contributed by atoms with Crippen LogP contribution in [0, 0.1) is 0 Å². The van der Waals surface area contributed by atoms with E-state index in [4.69, 9.17) is 4.74 Å². The molecule has 2 N–H and O–H groups in total. The summed E-state index contributed by atoms with van der Waals surface area (Å²) in [5.41, 5.74) is 2.81. The van der Waals surface area contributed by atoms with Gasteiger partial charge in [-0.2, -0.15) is 0 Å². The highest BCUT2D eigenvalue weighted by Crippen LogP contribution is 2.34. The van der Waals surface area contributed by atoms with Gasteiger partial charge in [0, 0.05) is 17.1 Å². The van der Waals surface area contributed by atoms with Crippen LogP contribution in [0.3, 0.4) is 0 Å². The maximum Gasteiger partial charge on any atom is 0.293 e. The molecular weight excluding hydrogens is 540 g/mol. The van der Waals surface area contributed by atoms with Gasteiger partial charge in [0.25, 0.3) is 11.1 Å². The molecule has 4 rings (SSSR count). The number of aliphatic hydroxyl groups excluding tert-OH is 1. The van der Waals surface area contributed by atoms with Crippen molar-refractivity contribution >= 4 is 44.9 Å². The predicted octanol–water partition coefficient (Wildman–Crippen LogP) is 5.78. The number of hydrogen-bond donors (Lipinski definition) is 2. The molecule has 8 heteroatoms. The van der Waals surface area contributed by atoms with E-state index in [2.05, 4.69) is 28.2 Å². The van der Waals surface area contributed by atoms with E-state index >= 15 is 0 Å². The van der Waals surface area contributed by atoms with Gasteiger partial charge in [0.05, 0.1) is 11.4 Å². The number of nitrogens with zero attached hydrogens (tertiary/aromatic N) is 1. The Morgan fingerprint density at radius 1 is 1.03 bits per heavy atom. The van der Waals surface area contributed by atoms with Crippen molar-refractivity contribution in [2.45, 2.75) is 25.6 Å². The molecule has 1 aliphatic rings. The fourth-order valence-corrected chi connectivity index (χ4v) is 4.92. The van der Waals surface area contributed by atoms with Gasteiger partial charge in [-0.1, -0.05) is 76.6 Å². The lowest BCUT2D eigenvalue weighted by molar-refractivity contribution is -0.123. The van der Waals surface area contributed by atoms with Gasteiger partial charge in [0.2, 0.25) is 0 Å². The molecule has 0 bridgehead atoms. The normalized spacial score (nSPS) is 16.4. The Hall–Kier alpha value is -2.91. The van der Waals surface area contributed by atoms with Crippen molar-refractivity contribution in [3.05, 3.63) is 105 Å². The lowest BCUT2D eigenvalue weighted by Gasteiger charge is -2.18. The molecule has 2 atom stereocenters. The van der Waals surface area contributed by atoms with Crippen LogP contribution in [0.15, 0.2) is 88.2 Å². The number of ether oxygens (including phenoxy) is 1. The quantitative estimate of drug-likeness (QED) is 0.303. The van der Waals surface area contributed by atoms with Gasteiger partial charge in [-0.25, -0.2) is 0 Å². The Kier molecular flexibility index (Phi) is 8.98. The van der Waals surface area contributed by atoms with Crippen LogP contribution in [0.25, 0.3) is 6.08 Å². The monoisotopic (exact) mass is 566 g/mol. The van der Waals surface area contributed by atoms with E-state index in [1.54, 1.807) is 18.2 Å². The van der Waals surface area contributed by atoms with E-state index < -0.39 is 6.10 Å². The molecule has 0 spiro atoms. The summed E-state index contributed by atoms with van der Waals surface area (Å²) < 4.78 is 6.57. The SMILES string of the molecule is CC(NCC(O)COc1ccc(/C=C2\SC(=O)N(Cc3ccccc3Br)C2=O)cc1)c1ccccc1. The van der Waals surface area contributed by atoms with Gasteiger partial charge in [-0.15, -0.1) is 0 Å². The number of nitrogens with one attached hydrogen (secondary N) is 1. The number of amides is 2. The molecule has 1 saturated heterocycles. The summed E-state index contributed by atoms with van der Waals surface area (Å²) in [6.45, 7) is 2.83. The van der Waals surface area contributed by atoms with Gasteiger partial charge in [-0.3, -0.25) is 14.5 Å². The van der Waals surface area contributed by atoms with Crippen molar-refractivity contribution in [3.8, 4) is 5.75 Å². The van der Waals surface area contributed by atoms with Crippen molar-refractivity contribution in [2.75, 3.05) is 13.2 Å². The van der Waals surface area contributed by atoms with Crippen LogP contribution < -0.4 is 10.1 Å². The van der Waals surface area contributed by atoms with E-state index in [1.807, 2.05) is 66.7 Å². The fourth-order valence-electron chi connectivity index (χ4n) is 3.67. The minimum Gasteiger partial charge on any atom is -0.491 e. The summed E-state index contributed by atoms with van der Waals surface area (Å²) in [4.78, 5) is 26.9. The average Bonchev–Trinajstić information content (AvgIpc) is 3.15. The molecule has 1 heterocycles. The number of carbonyl (C=O) groups excluding carboxylic acids is 2. The molecule has 0 radical (unpaired) electrons. The van der Waals surface area contributed by atoms with Crippen LogP contribution in [0.2, 0.25) is 0 Å². The van der Waals surface area contributed by atoms with Crippen molar-refractivity contribution in [1.82, 2.24) is 10.2 Å². The summed E-state index contributed by atoms with van der Waals surface area (Å²) in [5, 5.41) is 13.3. The third-order valence-electron chi connectivity index (χ3n) is 5.74. The zero-order valence-corrected chi connectivity index (χ0v) is 22.2. The largest absolute Gasteiger partial charge is 0.491 e. The fraction of sp³-hybridized carbons (Fsp3) is 0.214. The highest BCUT2D eigenvalue weighted by Gasteiger charge is 2.35. The van der Waals surface area contributed by atoms with Crippen LogP contribution in [-0.4, -0.2) is 40.4 Å². The lowest BCUT2D eigenvalue weighted by atomic mass is 10.1. The first-order valence-electron chi connectivity index (χ1n) is 11.6. The minimum atomic E-state index is -0.660. The standard InChI is InChI=1S/C28H27BrN2O4S/c1-19(21-7-3-2-4-8-21)30-16-23(32)18-35-24-13-11-20(12-14-24)15-26-27(33)31(28(34)36-26)17-22-9-5-6-10-25(22)29/h2-15,19,23,30,32H,16-18H2,1H3/b26-15-. The molecule has 6 nitrogen and oxygen atoms in total. The maximum absolute atomic E-state index is 12.8. The third-order valence-corrected chi connectivity index (χ3v) is 7.42. The number of rotatable bonds is 10. The number of benzene rings is 3. The predicted molar refractivity (Wildman–Crippen MR) is 146 cm³/mol. The number of imide groups is 1. The number of carbonyl (C=O) groups is 2. The first-order chi connectivity index (χ1) is 17.4. The molecule has 1 aliphatic heterocycles. The topological polar surface area (TPSA) is 78.9 Å². The number of halogens is 1. The van der Waals surface area contributed by atoms with E-state index in [0.29, 0.717) is 17.2 Å². The molecule has 3 aromatic carbocycles. The van der Waals surface area contributed by atoms with Crippen LogP contribution in [0.4, 0.5) is 4.79 Å². The summed E-state index contributed by atoms with van der Waals surface area (Å²) in [6, 6.07) is 24.9. The second-order valence-electron chi connectivity index (χ2n) is 8.43. The number of hydrogen-bond acceptors (Lipinski definition) is 6. The summed E-state index contributed by atoms with van der Waals surface area (Å²) in [7, 11) is 0. The Morgan fingerprint density at radius 2 is 1.72 bits per heavy atom. The molecule has 0 aromatic heterocycles. The molecule has 186 valence electrons. The van der Waals surface area contributed by atoms with Gasteiger partial charge < -0.3 is 15.2 Å². The van der Waals surface area contributed by atoms with Crippen molar-refractivity contribution in [1.29, 1.82) is 0 Å². The van der Waals surface area contributed by atoms with Gasteiger partial charge in [0.1, 0.15) is 18.5 Å². The zero-order chi connectivity index (χ0) is 25.5. The smallest absolute Gasteiger partial charge is 0.293 e. The highest BCUT2D eigenvalue weighted by molar-refractivity contribution is 9.10. The second-order valence-corrected chi connectivity index (χ2v) is 10.3. The molecule has 0 aliphatic carbocycles. The molecule has 0 saturated carbocycles. The highest BCUT2D eigenvalue weighted by atomic mass is 79.9. The second kappa shape index (κ2) is 12.4. The van der Waals surface area contributed by atoms with E-state index in [0.717, 1.165) is 32.9 Å². The van der Waals surface area contributed by atoms with Crippen molar-refractivity contribution < 1.29 is 19.4 Å². The maximum atomic E-state index is 12.8. The van der Waals surface area contributed by atoms with E-state index in [9.17, 15) is 14.7 Å².